The smallest absolute Gasteiger partial charge is 0.339 e. The SMILES string of the molecule is COC(=O)c1ccccc1NC(=O)c1ccc(C)c(N)c1. The lowest BCUT2D eigenvalue weighted by Crippen LogP contribution is -2.15. The van der Waals surface area contributed by atoms with Crippen LogP contribution in [-0.4, -0.2) is 19.0 Å². The van der Waals surface area contributed by atoms with Gasteiger partial charge in [0, 0.05) is 11.3 Å². The van der Waals surface area contributed by atoms with E-state index in [-0.39, 0.29) is 5.91 Å². The molecule has 0 saturated heterocycles. The van der Waals surface area contributed by atoms with Crippen LogP contribution in [0.5, 0.6) is 0 Å². The summed E-state index contributed by atoms with van der Waals surface area (Å²) in [5.74, 6) is -0.840. The van der Waals surface area contributed by atoms with Gasteiger partial charge in [0.25, 0.3) is 5.91 Å². The van der Waals surface area contributed by atoms with E-state index < -0.39 is 5.97 Å². The maximum Gasteiger partial charge on any atom is 0.339 e. The second-order valence-electron chi connectivity index (χ2n) is 4.56. The van der Waals surface area contributed by atoms with Crippen molar-refractivity contribution >= 4 is 23.3 Å². The molecule has 0 bridgehead atoms. The molecule has 0 atom stereocenters. The molecule has 0 aromatic heterocycles. The number of carbonyl (C=O) groups excluding carboxylic acids is 2. The number of ether oxygens (including phenoxy) is 1. The van der Waals surface area contributed by atoms with Crippen molar-refractivity contribution in [1.82, 2.24) is 0 Å². The topological polar surface area (TPSA) is 81.4 Å². The highest BCUT2D eigenvalue weighted by atomic mass is 16.5. The molecule has 5 nitrogen and oxygen atoms in total. The Morgan fingerprint density at radius 3 is 2.52 bits per heavy atom. The monoisotopic (exact) mass is 284 g/mol. The summed E-state index contributed by atoms with van der Waals surface area (Å²) in [7, 11) is 1.29. The molecule has 108 valence electrons. The van der Waals surface area contributed by atoms with Gasteiger partial charge < -0.3 is 15.8 Å². The Hall–Kier alpha value is -2.82. The number of esters is 1. The second-order valence-corrected chi connectivity index (χ2v) is 4.56. The first-order valence-corrected chi connectivity index (χ1v) is 6.37. The Kier molecular flexibility index (Phi) is 4.23. The molecule has 0 spiro atoms. The molecule has 2 rings (SSSR count). The van der Waals surface area contributed by atoms with Crippen LogP contribution in [0.3, 0.4) is 0 Å². The standard InChI is InChI=1S/C16H16N2O3/c1-10-7-8-11(9-13(10)17)15(19)18-14-6-4-3-5-12(14)16(20)21-2/h3-9H,17H2,1-2H3,(H,18,19). The van der Waals surface area contributed by atoms with Gasteiger partial charge in [-0.3, -0.25) is 4.79 Å². The lowest BCUT2D eigenvalue weighted by molar-refractivity contribution is 0.0602. The lowest BCUT2D eigenvalue weighted by atomic mass is 10.1. The van der Waals surface area contributed by atoms with E-state index in [2.05, 4.69) is 10.1 Å². The van der Waals surface area contributed by atoms with Gasteiger partial charge >= 0.3 is 5.97 Å². The molecule has 0 radical (unpaired) electrons. The van der Waals surface area contributed by atoms with Gasteiger partial charge in [-0.05, 0) is 36.8 Å². The third-order valence-corrected chi connectivity index (χ3v) is 3.12. The van der Waals surface area contributed by atoms with E-state index in [0.717, 1.165) is 5.56 Å². The van der Waals surface area contributed by atoms with Crippen molar-refractivity contribution in [2.45, 2.75) is 6.92 Å². The molecule has 0 unspecified atom stereocenters. The van der Waals surface area contributed by atoms with E-state index >= 15 is 0 Å². The van der Waals surface area contributed by atoms with Crippen LogP contribution in [0.15, 0.2) is 42.5 Å². The third kappa shape index (κ3) is 3.20. The van der Waals surface area contributed by atoms with Crippen LogP contribution in [0.4, 0.5) is 11.4 Å². The van der Waals surface area contributed by atoms with Crippen LogP contribution in [0.25, 0.3) is 0 Å². The highest BCUT2D eigenvalue weighted by Gasteiger charge is 2.14. The predicted molar refractivity (Wildman–Crippen MR) is 81.3 cm³/mol. The van der Waals surface area contributed by atoms with Crippen LogP contribution in [0.1, 0.15) is 26.3 Å². The number of para-hydroxylation sites is 1. The molecular formula is C16H16N2O3. The number of amides is 1. The third-order valence-electron chi connectivity index (χ3n) is 3.12. The van der Waals surface area contributed by atoms with E-state index in [1.807, 2.05) is 6.92 Å². The summed E-state index contributed by atoms with van der Waals surface area (Å²) in [6.45, 7) is 1.86. The minimum Gasteiger partial charge on any atom is -0.465 e. The number of hydrogen-bond donors (Lipinski definition) is 2. The summed E-state index contributed by atoms with van der Waals surface area (Å²) in [5.41, 5.74) is 8.37. The highest BCUT2D eigenvalue weighted by molar-refractivity contribution is 6.08. The zero-order valence-electron chi connectivity index (χ0n) is 11.8. The van der Waals surface area contributed by atoms with Gasteiger partial charge in [0.1, 0.15) is 0 Å². The molecule has 2 aromatic rings. The van der Waals surface area contributed by atoms with Gasteiger partial charge in [-0.2, -0.15) is 0 Å². The highest BCUT2D eigenvalue weighted by Crippen LogP contribution is 2.19. The lowest BCUT2D eigenvalue weighted by Gasteiger charge is -2.10. The Labute approximate surface area is 122 Å². The molecule has 21 heavy (non-hydrogen) atoms. The van der Waals surface area contributed by atoms with Crippen molar-refractivity contribution in [2.24, 2.45) is 0 Å². The summed E-state index contributed by atoms with van der Waals surface area (Å²) in [5, 5.41) is 2.69. The summed E-state index contributed by atoms with van der Waals surface area (Å²) < 4.78 is 4.69. The number of benzene rings is 2. The number of anilines is 2. The zero-order valence-corrected chi connectivity index (χ0v) is 11.8. The Morgan fingerprint density at radius 1 is 1.14 bits per heavy atom. The van der Waals surface area contributed by atoms with Crippen molar-refractivity contribution in [1.29, 1.82) is 0 Å². The maximum atomic E-state index is 12.2. The molecule has 0 fully saturated rings. The predicted octanol–water partition coefficient (Wildman–Crippen LogP) is 2.62. The van der Waals surface area contributed by atoms with Crippen molar-refractivity contribution < 1.29 is 14.3 Å². The number of nitrogen functional groups attached to an aromatic ring is 1. The fourth-order valence-corrected chi connectivity index (χ4v) is 1.86. The normalized spacial score (nSPS) is 10.0. The molecule has 0 aliphatic carbocycles. The number of aryl methyl sites for hydroxylation is 1. The van der Waals surface area contributed by atoms with Crippen molar-refractivity contribution in [2.75, 3.05) is 18.2 Å². The maximum absolute atomic E-state index is 12.2. The molecule has 3 N–H and O–H groups in total. The number of carbonyl (C=O) groups is 2. The number of nitrogens with two attached hydrogens (primary N) is 1. The number of methoxy groups -OCH3 is 1. The Bertz CT molecular complexity index is 696. The number of rotatable bonds is 3. The van der Waals surface area contributed by atoms with Crippen molar-refractivity contribution in [3.05, 3.63) is 59.2 Å². The largest absolute Gasteiger partial charge is 0.465 e. The summed E-state index contributed by atoms with van der Waals surface area (Å²) >= 11 is 0. The molecule has 0 aliphatic heterocycles. The molecule has 2 aromatic carbocycles. The first kappa shape index (κ1) is 14.6. The first-order chi connectivity index (χ1) is 10.0. The molecular weight excluding hydrogens is 268 g/mol. The van der Waals surface area contributed by atoms with Gasteiger partial charge in [0.05, 0.1) is 18.4 Å². The van der Waals surface area contributed by atoms with Gasteiger partial charge in [-0.1, -0.05) is 18.2 Å². The average Bonchev–Trinajstić information content (AvgIpc) is 2.49. The first-order valence-electron chi connectivity index (χ1n) is 6.37. The Balaban J connectivity index is 2.27. The minimum absolute atomic E-state index is 0.299. The fraction of sp³-hybridized carbons (Fsp3) is 0.125. The molecule has 1 amide bonds. The zero-order chi connectivity index (χ0) is 15.4. The van der Waals surface area contributed by atoms with Crippen LogP contribution in [0, 0.1) is 6.92 Å². The molecule has 0 aliphatic rings. The molecule has 5 heteroatoms. The van der Waals surface area contributed by atoms with E-state index in [9.17, 15) is 9.59 Å². The molecule has 0 heterocycles. The van der Waals surface area contributed by atoms with Gasteiger partial charge in [0.15, 0.2) is 0 Å². The summed E-state index contributed by atoms with van der Waals surface area (Å²) in [4.78, 5) is 23.9. The van der Waals surface area contributed by atoms with Crippen LogP contribution >= 0.6 is 0 Å². The minimum atomic E-state index is -0.505. The van der Waals surface area contributed by atoms with Gasteiger partial charge in [-0.25, -0.2) is 4.79 Å². The van der Waals surface area contributed by atoms with Crippen molar-refractivity contribution in [3.63, 3.8) is 0 Å². The molecule has 0 saturated carbocycles. The van der Waals surface area contributed by atoms with Crippen LogP contribution in [-0.2, 0) is 4.74 Å². The second kappa shape index (κ2) is 6.09. The summed E-state index contributed by atoms with van der Waals surface area (Å²) in [6.07, 6.45) is 0. The summed E-state index contributed by atoms with van der Waals surface area (Å²) in [6, 6.07) is 11.7. The number of nitrogens with one attached hydrogen (secondary N) is 1. The van der Waals surface area contributed by atoms with Crippen LogP contribution in [0.2, 0.25) is 0 Å². The van der Waals surface area contributed by atoms with E-state index in [1.165, 1.54) is 7.11 Å². The van der Waals surface area contributed by atoms with E-state index in [1.54, 1.807) is 42.5 Å². The van der Waals surface area contributed by atoms with E-state index in [0.29, 0.717) is 22.5 Å². The van der Waals surface area contributed by atoms with Crippen LogP contribution < -0.4 is 11.1 Å². The average molecular weight is 284 g/mol. The van der Waals surface area contributed by atoms with Gasteiger partial charge in [0.2, 0.25) is 0 Å². The van der Waals surface area contributed by atoms with Crippen molar-refractivity contribution in [3.8, 4) is 0 Å². The fourth-order valence-electron chi connectivity index (χ4n) is 1.86. The van der Waals surface area contributed by atoms with Gasteiger partial charge in [-0.15, -0.1) is 0 Å². The number of hydrogen-bond acceptors (Lipinski definition) is 4. The Morgan fingerprint density at radius 2 is 1.86 bits per heavy atom. The van der Waals surface area contributed by atoms with E-state index in [4.69, 9.17) is 5.73 Å². The quantitative estimate of drug-likeness (QED) is 0.670.